The number of rotatable bonds is 5. The lowest BCUT2D eigenvalue weighted by molar-refractivity contribution is -0.121. The number of benzene rings is 4. The molecule has 1 saturated heterocycles. The fraction of sp³-hybridized carbons (Fsp3) is 0.147. The molecule has 4 aromatic rings. The second-order valence-corrected chi connectivity index (χ2v) is 11.4. The normalized spacial score (nSPS) is 23.5. The summed E-state index contributed by atoms with van der Waals surface area (Å²) < 4.78 is 6.26. The molecular formula is C34H25BrN2O4. The maximum Gasteiger partial charge on any atom is 0.238 e. The van der Waals surface area contributed by atoms with Gasteiger partial charge in [0.2, 0.25) is 5.91 Å². The van der Waals surface area contributed by atoms with Crippen LogP contribution in [0.25, 0.3) is 6.08 Å². The Hall–Kier alpha value is -4.49. The van der Waals surface area contributed by atoms with Gasteiger partial charge in [0.15, 0.2) is 11.6 Å². The van der Waals surface area contributed by atoms with Crippen LogP contribution in [0, 0.1) is 5.92 Å². The molecule has 0 radical (unpaired) electrons. The van der Waals surface area contributed by atoms with Crippen molar-refractivity contribution in [2.45, 2.75) is 17.5 Å². The fourth-order valence-electron chi connectivity index (χ4n) is 6.86. The Bertz CT molecular complexity index is 1760. The van der Waals surface area contributed by atoms with Gasteiger partial charge in [-0.25, -0.2) is 0 Å². The predicted molar refractivity (Wildman–Crippen MR) is 162 cm³/mol. The van der Waals surface area contributed by atoms with Crippen LogP contribution in [0.2, 0.25) is 0 Å². The number of Topliss-reactive ketones (excluding diaryl/α,β-unsaturated/α-hetero) is 2. The molecular weight excluding hydrogens is 580 g/mol. The lowest BCUT2D eigenvalue weighted by atomic mass is 9.64. The van der Waals surface area contributed by atoms with Crippen LogP contribution in [-0.2, 0) is 10.2 Å². The first kappa shape index (κ1) is 25.5. The van der Waals surface area contributed by atoms with Crippen molar-refractivity contribution < 1.29 is 19.1 Å². The number of hydrogen-bond acceptors (Lipinski definition) is 5. The van der Waals surface area contributed by atoms with E-state index in [0.29, 0.717) is 22.6 Å². The maximum atomic E-state index is 14.8. The molecule has 1 amide bonds. The van der Waals surface area contributed by atoms with Gasteiger partial charge in [-0.15, -0.1) is 0 Å². The molecule has 0 aliphatic carbocycles. The molecule has 202 valence electrons. The molecule has 0 unspecified atom stereocenters. The summed E-state index contributed by atoms with van der Waals surface area (Å²) in [4.78, 5) is 45.9. The maximum absolute atomic E-state index is 14.8. The third-order valence-electron chi connectivity index (χ3n) is 8.58. The Balaban J connectivity index is 1.53. The Morgan fingerprint density at radius 2 is 1.63 bits per heavy atom. The van der Waals surface area contributed by atoms with Crippen LogP contribution in [0.3, 0.4) is 0 Å². The van der Waals surface area contributed by atoms with E-state index in [0.717, 1.165) is 21.3 Å². The number of carbonyl (C=O) groups is 3. The monoisotopic (exact) mass is 604 g/mol. The molecule has 3 aliphatic heterocycles. The van der Waals surface area contributed by atoms with Crippen molar-refractivity contribution in [3.8, 4) is 5.75 Å². The average Bonchev–Trinajstić information content (AvgIpc) is 3.49. The quantitative estimate of drug-likeness (QED) is 0.270. The van der Waals surface area contributed by atoms with Gasteiger partial charge in [0, 0.05) is 27.0 Å². The number of halogens is 1. The van der Waals surface area contributed by atoms with Crippen molar-refractivity contribution in [2.24, 2.45) is 5.92 Å². The summed E-state index contributed by atoms with van der Waals surface area (Å²) in [6.45, 7) is 0. The molecule has 4 aromatic carbocycles. The van der Waals surface area contributed by atoms with Crippen LogP contribution in [0.5, 0.6) is 5.75 Å². The molecule has 3 aliphatic rings. The molecule has 0 saturated carbocycles. The fourth-order valence-corrected chi connectivity index (χ4v) is 7.12. The van der Waals surface area contributed by atoms with E-state index >= 15 is 0 Å². The number of amides is 1. The lowest BCUT2D eigenvalue weighted by Crippen LogP contribution is -2.51. The number of ether oxygens (including phenoxy) is 1. The highest BCUT2D eigenvalue weighted by atomic mass is 79.9. The van der Waals surface area contributed by atoms with Crippen LogP contribution >= 0.6 is 15.9 Å². The average molecular weight is 605 g/mol. The largest absolute Gasteiger partial charge is 0.497 e. The van der Waals surface area contributed by atoms with E-state index in [4.69, 9.17) is 4.74 Å². The van der Waals surface area contributed by atoms with Gasteiger partial charge in [0.25, 0.3) is 0 Å². The number of fused-ring (bicyclic) bond motifs is 6. The van der Waals surface area contributed by atoms with Gasteiger partial charge >= 0.3 is 0 Å². The minimum absolute atomic E-state index is 0.247. The Labute approximate surface area is 245 Å². The molecule has 41 heavy (non-hydrogen) atoms. The zero-order valence-corrected chi connectivity index (χ0v) is 23.7. The van der Waals surface area contributed by atoms with Crippen molar-refractivity contribution in [1.29, 1.82) is 0 Å². The molecule has 3 heterocycles. The summed E-state index contributed by atoms with van der Waals surface area (Å²) in [5, 5.41) is 3.06. The summed E-state index contributed by atoms with van der Waals surface area (Å²) in [6.07, 6.45) is 3.97. The van der Waals surface area contributed by atoms with Crippen LogP contribution in [0.4, 0.5) is 11.4 Å². The van der Waals surface area contributed by atoms with E-state index in [9.17, 15) is 14.4 Å². The van der Waals surface area contributed by atoms with E-state index in [1.54, 1.807) is 55.6 Å². The van der Waals surface area contributed by atoms with E-state index in [1.807, 2.05) is 65.6 Å². The Kier molecular flexibility index (Phi) is 5.94. The van der Waals surface area contributed by atoms with Crippen molar-refractivity contribution in [3.05, 3.63) is 130 Å². The van der Waals surface area contributed by atoms with Gasteiger partial charge in [-0.1, -0.05) is 88.7 Å². The molecule has 1 N–H and O–H groups in total. The van der Waals surface area contributed by atoms with Crippen LogP contribution in [0.15, 0.2) is 108 Å². The van der Waals surface area contributed by atoms with Gasteiger partial charge < -0.3 is 15.0 Å². The van der Waals surface area contributed by atoms with Crippen molar-refractivity contribution in [2.75, 3.05) is 17.3 Å². The topological polar surface area (TPSA) is 75.7 Å². The second-order valence-electron chi connectivity index (χ2n) is 10.5. The molecule has 6 nitrogen and oxygen atoms in total. The van der Waals surface area contributed by atoms with Gasteiger partial charge in [-0.05, 0) is 47.5 Å². The number of anilines is 2. The van der Waals surface area contributed by atoms with Crippen LogP contribution in [0.1, 0.15) is 31.8 Å². The van der Waals surface area contributed by atoms with Crippen molar-refractivity contribution >= 4 is 50.9 Å². The summed E-state index contributed by atoms with van der Waals surface area (Å²) in [5.74, 6) is -1.27. The van der Waals surface area contributed by atoms with Gasteiger partial charge in [-0.2, -0.15) is 0 Å². The van der Waals surface area contributed by atoms with E-state index in [-0.39, 0.29) is 17.5 Å². The van der Waals surface area contributed by atoms with Crippen LogP contribution < -0.4 is 15.0 Å². The molecule has 7 rings (SSSR count). The van der Waals surface area contributed by atoms with E-state index in [1.165, 1.54) is 0 Å². The summed E-state index contributed by atoms with van der Waals surface area (Å²) in [7, 11) is 1.55. The zero-order valence-electron chi connectivity index (χ0n) is 22.1. The molecule has 0 bridgehead atoms. The minimum atomic E-state index is -1.34. The lowest BCUT2D eigenvalue weighted by Gasteiger charge is -2.37. The third kappa shape index (κ3) is 3.65. The molecule has 1 fully saturated rings. The van der Waals surface area contributed by atoms with Crippen LogP contribution in [-0.4, -0.2) is 36.7 Å². The first-order valence-corrected chi connectivity index (χ1v) is 14.2. The molecule has 1 spiro atoms. The standard InChI is InChI=1S/C34H25BrN2O4/c1-41-24-9-6-8-22(19-24)32(39)30-29(31(38)21-13-16-23(35)17-14-21)34(25-10-3-4-11-26(25)36-33(34)40)28-18-15-20-7-2-5-12-27(20)37(28)30/h2-19,28-30H,1H3,(H,36,40)/t28-,29-,30+,34-/m1/s1. The summed E-state index contributed by atoms with van der Waals surface area (Å²) >= 11 is 3.46. The first-order valence-electron chi connectivity index (χ1n) is 13.4. The number of nitrogens with zero attached hydrogens (tertiary/aromatic N) is 1. The second kappa shape index (κ2) is 9.56. The molecule has 4 atom stereocenters. The van der Waals surface area contributed by atoms with Gasteiger partial charge in [0.05, 0.1) is 19.1 Å². The Morgan fingerprint density at radius 3 is 2.44 bits per heavy atom. The van der Waals surface area contributed by atoms with E-state index in [2.05, 4.69) is 21.2 Å². The van der Waals surface area contributed by atoms with Crippen molar-refractivity contribution in [1.82, 2.24) is 0 Å². The first-order chi connectivity index (χ1) is 19.9. The number of para-hydroxylation sites is 2. The third-order valence-corrected chi connectivity index (χ3v) is 9.10. The van der Waals surface area contributed by atoms with Gasteiger partial charge in [-0.3, -0.25) is 14.4 Å². The zero-order chi connectivity index (χ0) is 28.3. The smallest absolute Gasteiger partial charge is 0.238 e. The number of ketones is 2. The molecule has 0 aromatic heterocycles. The minimum Gasteiger partial charge on any atom is -0.497 e. The number of methoxy groups -OCH3 is 1. The highest BCUT2D eigenvalue weighted by Crippen LogP contribution is 2.58. The predicted octanol–water partition coefficient (Wildman–Crippen LogP) is 6.31. The molecule has 7 heteroatoms. The number of carbonyl (C=O) groups excluding carboxylic acids is 3. The SMILES string of the molecule is COc1cccc(C(=O)[C@@H]2[C@H](C(=O)c3ccc(Br)cc3)[C@]3(C(=O)Nc4ccccc43)[C@H]3C=Cc4ccccc4N23)c1. The highest BCUT2D eigenvalue weighted by molar-refractivity contribution is 9.10. The summed E-state index contributed by atoms with van der Waals surface area (Å²) in [6, 6.07) is 27.8. The summed E-state index contributed by atoms with van der Waals surface area (Å²) in [5.41, 5.74) is 2.62. The number of nitrogens with one attached hydrogen (secondary N) is 1. The van der Waals surface area contributed by atoms with E-state index < -0.39 is 23.4 Å². The Morgan fingerprint density at radius 1 is 0.878 bits per heavy atom. The van der Waals surface area contributed by atoms with Crippen molar-refractivity contribution in [3.63, 3.8) is 0 Å². The van der Waals surface area contributed by atoms with Gasteiger partial charge in [0.1, 0.15) is 17.2 Å². The highest BCUT2D eigenvalue weighted by Gasteiger charge is 2.70. The number of hydrogen-bond donors (Lipinski definition) is 1.